The van der Waals surface area contributed by atoms with E-state index in [2.05, 4.69) is 16.9 Å². The average Bonchev–Trinajstić information content (AvgIpc) is 2.62. The van der Waals surface area contributed by atoms with Crippen LogP contribution in [0, 0.1) is 5.92 Å². The molecule has 1 aliphatic rings. The lowest BCUT2D eigenvalue weighted by atomic mass is 10.4. The molecule has 4 N–H and O–H groups in total. The van der Waals surface area contributed by atoms with Crippen LogP contribution in [0.15, 0.2) is 0 Å². The summed E-state index contributed by atoms with van der Waals surface area (Å²) in [7, 11) is 1.90. The van der Waals surface area contributed by atoms with Crippen molar-refractivity contribution < 1.29 is 4.79 Å². The number of amides is 2. The highest BCUT2D eigenvalue weighted by atomic mass is 32.2. The zero-order valence-corrected chi connectivity index (χ0v) is 8.15. The molecule has 5 heteroatoms. The normalized spacial score (nSPS) is 33.0. The minimum absolute atomic E-state index is 0.236. The lowest BCUT2D eigenvalue weighted by Crippen LogP contribution is -2.35. The van der Waals surface area contributed by atoms with Crippen molar-refractivity contribution in [2.24, 2.45) is 11.7 Å². The van der Waals surface area contributed by atoms with Crippen LogP contribution >= 0.6 is 11.8 Å². The Bertz CT molecular complexity index is 176. The van der Waals surface area contributed by atoms with E-state index in [1.54, 1.807) is 11.8 Å². The van der Waals surface area contributed by atoms with E-state index in [1.807, 2.05) is 7.05 Å². The van der Waals surface area contributed by atoms with Crippen LogP contribution in [-0.2, 0) is 0 Å². The molecule has 0 aromatic carbocycles. The molecule has 1 rings (SSSR count). The number of primary amides is 1. The fraction of sp³-hybridized carbons (Fsp3) is 0.857. The molecule has 4 nitrogen and oxygen atoms in total. The van der Waals surface area contributed by atoms with Crippen molar-refractivity contribution in [2.45, 2.75) is 12.1 Å². The van der Waals surface area contributed by atoms with E-state index in [0.717, 1.165) is 5.75 Å². The number of thioether (sulfide) groups is 1. The third-order valence-corrected chi connectivity index (χ3v) is 2.89. The third-order valence-electron chi connectivity index (χ3n) is 2.17. The van der Waals surface area contributed by atoms with Crippen molar-refractivity contribution in [3.8, 4) is 0 Å². The molecule has 0 radical (unpaired) electrons. The Labute approximate surface area is 76.6 Å². The Hall–Kier alpha value is -0.420. The molecule has 12 heavy (non-hydrogen) atoms. The first kappa shape index (κ1) is 9.67. The lowest BCUT2D eigenvalue weighted by molar-refractivity contribution is 0.248. The lowest BCUT2D eigenvalue weighted by Gasteiger charge is -1.97. The largest absolute Gasteiger partial charge is 0.352 e. The molecule has 1 aliphatic carbocycles. The van der Waals surface area contributed by atoms with Gasteiger partial charge in [0.05, 0.1) is 6.04 Å². The summed E-state index contributed by atoms with van der Waals surface area (Å²) >= 11 is 1.79. The van der Waals surface area contributed by atoms with Gasteiger partial charge in [0.2, 0.25) is 0 Å². The topological polar surface area (TPSA) is 67.2 Å². The minimum atomic E-state index is -0.427. The monoisotopic (exact) mass is 189 g/mol. The molecule has 0 aliphatic heterocycles. The molecule has 0 heterocycles. The predicted octanol–water partition coefficient (Wildman–Crippen LogP) is -0.396. The summed E-state index contributed by atoms with van der Waals surface area (Å²) in [4.78, 5) is 10.5. The van der Waals surface area contributed by atoms with Crippen molar-refractivity contribution in [3.05, 3.63) is 0 Å². The van der Waals surface area contributed by atoms with Gasteiger partial charge in [0.15, 0.2) is 0 Å². The van der Waals surface area contributed by atoms with E-state index in [1.165, 1.54) is 0 Å². The van der Waals surface area contributed by atoms with E-state index >= 15 is 0 Å². The van der Waals surface area contributed by atoms with Crippen molar-refractivity contribution in [1.29, 1.82) is 0 Å². The number of carbonyl (C=O) groups excluding carboxylic acids is 1. The van der Waals surface area contributed by atoms with Gasteiger partial charge in [-0.25, -0.2) is 4.79 Å². The van der Waals surface area contributed by atoms with E-state index in [0.29, 0.717) is 12.0 Å². The van der Waals surface area contributed by atoms with Crippen LogP contribution in [0.2, 0.25) is 0 Å². The molecule has 0 saturated heterocycles. The molecule has 1 fully saturated rings. The predicted molar refractivity (Wildman–Crippen MR) is 51.2 cm³/mol. The number of rotatable bonds is 4. The Morgan fingerprint density at radius 2 is 2.25 bits per heavy atom. The van der Waals surface area contributed by atoms with E-state index in [4.69, 9.17) is 5.73 Å². The molecular formula is C7H15N3OS. The zero-order valence-electron chi connectivity index (χ0n) is 7.33. The van der Waals surface area contributed by atoms with Gasteiger partial charge < -0.3 is 16.4 Å². The average molecular weight is 189 g/mol. The van der Waals surface area contributed by atoms with E-state index < -0.39 is 6.03 Å². The highest BCUT2D eigenvalue weighted by molar-refractivity contribution is 7.98. The molecule has 70 valence electrons. The van der Waals surface area contributed by atoms with Gasteiger partial charge in [0, 0.05) is 12.0 Å². The summed E-state index contributed by atoms with van der Waals surface area (Å²) < 4.78 is 0. The molecule has 0 aromatic rings. The summed E-state index contributed by atoms with van der Waals surface area (Å²) in [5.74, 6) is 1.61. The van der Waals surface area contributed by atoms with Crippen molar-refractivity contribution >= 4 is 17.8 Å². The maximum Gasteiger partial charge on any atom is 0.312 e. The second-order valence-corrected chi connectivity index (χ2v) is 3.88. The molecule has 0 bridgehead atoms. The second-order valence-electron chi connectivity index (χ2n) is 2.97. The molecule has 3 atom stereocenters. The second kappa shape index (κ2) is 4.00. The van der Waals surface area contributed by atoms with Crippen LogP contribution in [0.1, 0.15) is 0 Å². The van der Waals surface area contributed by atoms with Gasteiger partial charge in [-0.2, -0.15) is 11.8 Å². The zero-order chi connectivity index (χ0) is 9.14. The summed E-state index contributed by atoms with van der Waals surface area (Å²) in [5.41, 5.74) is 5.02. The quantitative estimate of drug-likeness (QED) is 0.564. The minimum Gasteiger partial charge on any atom is -0.352 e. The first-order chi connectivity index (χ1) is 5.70. The Morgan fingerprint density at radius 3 is 2.67 bits per heavy atom. The summed E-state index contributed by atoms with van der Waals surface area (Å²) in [6.07, 6.45) is 2.06. The number of carbonyl (C=O) groups is 1. The smallest absolute Gasteiger partial charge is 0.312 e. The number of nitrogens with two attached hydrogens (primary N) is 1. The number of hydrogen-bond donors (Lipinski definition) is 3. The molecule has 0 spiro atoms. The Kier molecular flexibility index (Phi) is 3.22. The maximum atomic E-state index is 10.5. The van der Waals surface area contributed by atoms with Crippen molar-refractivity contribution in [2.75, 3.05) is 19.1 Å². The highest BCUT2D eigenvalue weighted by Gasteiger charge is 2.49. The fourth-order valence-electron chi connectivity index (χ4n) is 1.53. The van der Waals surface area contributed by atoms with Crippen LogP contribution in [-0.4, -0.2) is 37.2 Å². The van der Waals surface area contributed by atoms with Gasteiger partial charge in [0.25, 0.3) is 0 Å². The molecule has 0 aromatic heterocycles. The standard InChI is InChI=1S/C7H15N3OS/c1-9-5-4(3-12-2)6(5)10-7(8)11/h4-6,9H,3H2,1-2H3,(H3,8,10,11). The summed E-state index contributed by atoms with van der Waals surface area (Å²) in [6, 6.07) is 0.216. The van der Waals surface area contributed by atoms with Gasteiger partial charge in [-0.1, -0.05) is 0 Å². The van der Waals surface area contributed by atoms with Crippen molar-refractivity contribution in [3.63, 3.8) is 0 Å². The third kappa shape index (κ3) is 2.04. The number of likely N-dealkylation sites (N-methyl/N-ethyl adjacent to an activating group) is 1. The van der Waals surface area contributed by atoms with E-state index in [9.17, 15) is 4.79 Å². The van der Waals surface area contributed by atoms with Gasteiger partial charge in [-0.05, 0) is 19.1 Å². The van der Waals surface area contributed by atoms with Gasteiger partial charge in [-0.15, -0.1) is 0 Å². The SMILES string of the molecule is CNC1C(CSC)C1NC(N)=O. The van der Waals surface area contributed by atoms with Crippen LogP contribution in [0.4, 0.5) is 4.79 Å². The first-order valence-electron chi connectivity index (χ1n) is 3.93. The van der Waals surface area contributed by atoms with Gasteiger partial charge >= 0.3 is 6.03 Å². The van der Waals surface area contributed by atoms with Crippen LogP contribution in [0.3, 0.4) is 0 Å². The number of hydrogen-bond acceptors (Lipinski definition) is 3. The Balaban J connectivity index is 2.31. The highest BCUT2D eigenvalue weighted by Crippen LogP contribution is 2.33. The maximum absolute atomic E-state index is 10.5. The van der Waals surface area contributed by atoms with Gasteiger partial charge in [-0.3, -0.25) is 0 Å². The van der Waals surface area contributed by atoms with Crippen LogP contribution in [0.25, 0.3) is 0 Å². The molecule has 3 unspecified atom stereocenters. The molecule has 1 saturated carbocycles. The van der Waals surface area contributed by atoms with Crippen molar-refractivity contribution in [1.82, 2.24) is 10.6 Å². The number of nitrogens with one attached hydrogen (secondary N) is 2. The molecule has 2 amide bonds. The summed E-state index contributed by atoms with van der Waals surface area (Å²) in [6.45, 7) is 0. The van der Waals surface area contributed by atoms with E-state index in [-0.39, 0.29) is 6.04 Å². The molecular weight excluding hydrogens is 174 g/mol. The van der Waals surface area contributed by atoms with Gasteiger partial charge in [0.1, 0.15) is 0 Å². The first-order valence-corrected chi connectivity index (χ1v) is 5.32. The van der Waals surface area contributed by atoms with Crippen LogP contribution < -0.4 is 16.4 Å². The van der Waals surface area contributed by atoms with Crippen LogP contribution in [0.5, 0.6) is 0 Å². The fourth-order valence-corrected chi connectivity index (χ4v) is 2.33. The summed E-state index contributed by atoms with van der Waals surface area (Å²) in [5, 5.41) is 5.86. The Morgan fingerprint density at radius 1 is 1.58 bits per heavy atom. The number of urea groups is 1.